The summed E-state index contributed by atoms with van der Waals surface area (Å²) in [5, 5.41) is 11.7. The standard InChI is InChI=1S/C13H15NO4/c1-2-9-3-5-10(6-4-9)14-11(15)13(12(16)17)7-18-8-13/h3-6H,2,7-8H2,1H3,(H,14,15)(H,16,17). The van der Waals surface area contributed by atoms with E-state index in [-0.39, 0.29) is 13.2 Å². The predicted molar refractivity (Wildman–Crippen MR) is 65.3 cm³/mol. The number of carbonyl (C=O) groups is 2. The minimum absolute atomic E-state index is 0.0682. The SMILES string of the molecule is CCc1ccc(NC(=O)C2(C(=O)O)COC2)cc1. The average molecular weight is 249 g/mol. The van der Waals surface area contributed by atoms with Crippen LogP contribution in [-0.4, -0.2) is 30.2 Å². The van der Waals surface area contributed by atoms with Gasteiger partial charge in [0.05, 0.1) is 13.2 Å². The Morgan fingerprint density at radius 3 is 2.33 bits per heavy atom. The molecule has 0 saturated carbocycles. The molecule has 18 heavy (non-hydrogen) atoms. The van der Waals surface area contributed by atoms with E-state index in [1.54, 1.807) is 12.1 Å². The molecule has 1 heterocycles. The Balaban J connectivity index is 2.08. The third kappa shape index (κ3) is 2.09. The highest BCUT2D eigenvalue weighted by molar-refractivity contribution is 6.09. The van der Waals surface area contributed by atoms with Crippen molar-refractivity contribution >= 4 is 17.6 Å². The van der Waals surface area contributed by atoms with Gasteiger partial charge >= 0.3 is 5.97 Å². The van der Waals surface area contributed by atoms with Gasteiger partial charge in [0.2, 0.25) is 5.91 Å². The summed E-state index contributed by atoms with van der Waals surface area (Å²) in [6.45, 7) is 1.90. The molecule has 1 aromatic rings. The fourth-order valence-electron chi connectivity index (χ4n) is 1.73. The normalized spacial score (nSPS) is 16.7. The van der Waals surface area contributed by atoms with Crippen molar-refractivity contribution in [1.82, 2.24) is 0 Å². The second kappa shape index (κ2) is 4.78. The van der Waals surface area contributed by atoms with Gasteiger partial charge in [-0.15, -0.1) is 0 Å². The van der Waals surface area contributed by atoms with Crippen LogP contribution in [0.15, 0.2) is 24.3 Å². The van der Waals surface area contributed by atoms with E-state index in [2.05, 4.69) is 5.32 Å². The highest BCUT2D eigenvalue weighted by Gasteiger charge is 2.53. The molecule has 1 aliphatic rings. The molecule has 0 spiro atoms. The fraction of sp³-hybridized carbons (Fsp3) is 0.385. The molecule has 2 rings (SSSR count). The van der Waals surface area contributed by atoms with Crippen molar-refractivity contribution in [2.45, 2.75) is 13.3 Å². The van der Waals surface area contributed by atoms with Gasteiger partial charge in [0.25, 0.3) is 0 Å². The molecule has 0 bridgehead atoms. The molecule has 1 fully saturated rings. The van der Waals surface area contributed by atoms with Crippen LogP contribution >= 0.6 is 0 Å². The van der Waals surface area contributed by atoms with Crippen LogP contribution in [0, 0.1) is 5.41 Å². The van der Waals surface area contributed by atoms with Crippen LogP contribution in [0.5, 0.6) is 0 Å². The maximum absolute atomic E-state index is 11.9. The van der Waals surface area contributed by atoms with Crippen LogP contribution in [0.4, 0.5) is 5.69 Å². The molecule has 96 valence electrons. The molecule has 1 aliphatic heterocycles. The summed E-state index contributed by atoms with van der Waals surface area (Å²) >= 11 is 0. The first-order valence-corrected chi connectivity index (χ1v) is 5.80. The highest BCUT2D eigenvalue weighted by Crippen LogP contribution is 2.29. The molecular weight excluding hydrogens is 234 g/mol. The first kappa shape index (κ1) is 12.6. The molecule has 0 aliphatic carbocycles. The van der Waals surface area contributed by atoms with Gasteiger partial charge in [0.15, 0.2) is 5.41 Å². The van der Waals surface area contributed by atoms with Gasteiger partial charge in [-0.3, -0.25) is 9.59 Å². The lowest BCUT2D eigenvalue weighted by Crippen LogP contribution is -2.57. The summed E-state index contributed by atoms with van der Waals surface area (Å²) < 4.78 is 4.85. The van der Waals surface area contributed by atoms with E-state index in [9.17, 15) is 9.59 Å². The van der Waals surface area contributed by atoms with Crippen LogP contribution in [0.1, 0.15) is 12.5 Å². The third-order valence-electron chi connectivity index (χ3n) is 3.16. The zero-order valence-electron chi connectivity index (χ0n) is 10.1. The van der Waals surface area contributed by atoms with E-state index in [1.165, 1.54) is 0 Å². The predicted octanol–water partition coefficient (Wildman–Crippen LogP) is 1.29. The van der Waals surface area contributed by atoms with Crippen LogP contribution < -0.4 is 5.32 Å². The maximum atomic E-state index is 11.9. The minimum atomic E-state index is -1.43. The largest absolute Gasteiger partial charge is 0.480 e. The summed E-state index contributed by atoms with van der Waals surface area (Å²) in [7, 11) is 0. The lowest BCUT2D eigenvalue weighted by Gasteiger charge is -2.35. The number of aliphatic carboxylic acids is 1. The Morgan fingerprint density at radius 2 is 1.94 bits per heavy atom. The minimum Gasteiger partial charge on any atom is -0.480 e. The number of nitrogens with one attached hydrogen (secondary N) is 1. The molecule has 5 heteroatoms. The molecule has 1 saturated heterocycles. The number of aryl methyl sites for hydroxylation is 1. The van der Waals surface area contributed by atoms with Gasteiger partial charge in [0, 0.05) is 5.69 Å². The number of rotatable bonds is 4. The first-order chi connectivity index (χ1) is 8.58. The molecule has 0 unspecified atom stereocenters. The molecule has 2 N–H and O–H groups in total. The van der Waals surface area contributed by atoms with Crippen molar-refractivity contribution < 1.29 is 19.4 Å². The number of carboxylic acids is 1. The second-order valence-corrected chi connectivity index (χ2v) is 4.38. The van der Waals surface area contributed by atoms with Gasteiger partial charge in [-0.25, -0.2) is 0 Å². The molecular formula is C13H15NO4. The number of benzene rings is 1. The van der Waals surface area contributed by atoms with E-state index >= 15 is 0 Å². The number of hydrogen-bond acceptors (Lipinski definition) is 3. The van der Waals surface area contributed by atoms with Gasteiger partial charge in [-0.1, -0.05) is 19.1 Å². The molecule has 0 radical (unpaired) electrons. The average Bonchev–Trinajstić information content (AvgIpc) is 2.28. The van der Waals surface area contributed by atoms with Crippen molar-refractivity contribution in [2.75, 3.05) is 18.5 Å². The Bertz CT molecular complexity index is 462. The molecule has 0 atom stereocenters. The Labute approximate surface area is 105 Å². The number of carboxylic acid groups (broad SMARTS) is 1. The maximum Gasteiger partial charge on any atom is 0.324 e. The van der Waals surface area contributed by atoms with E-state index in [0.29, 0.717) is 5.69 Å². The Morgan fingerprint density at radius 1 is 1.33 bits per heavy atom. The quantitative estimate of drug-likeness (QED) is 0.788. The number of anilines is 1. The van der Waals surface area contributed by atoms with Gasteiger partial charge in [-0.2, -0.15) is 0 Å². The third-order valence-corrected chi connectivity index (χ3v) is 3.16. The van der Waals surface area contributed by atoms with Crippen molar-refractivity contribution in [3.63, 3.8) is 0 Å². The van der Waals surface area contributed by atoms with Crippen molar-refractivity contribution in [3.05, 3.63) is 29.8 Å². The summed E-state index contributed by atoms with van der Waals surface area (Å²) in [4.78, 5) is 23.0. The number of carbonyl (C=O) groups excluding carboxylic acids is 1. The molecule has 1 amide bonds. The zero-order chi connectivity index (χ0) is 13.2. The van der Waals surface area contributed by atoms with Gasteiger partial charge in [0.1, 0.15) is 0 Å². The van der Waals surface area contributed by atoms with Crippen molar-refractivity contribution in [1.29, 1.82) is 0 Å². The monoisotopic (exact) mass is 249 g/mol. The summed E-state index contributed by atoms with van der Waals surface area (Å²) in [5.41, 5.74) is 0.335. The summed E-state index contributed by atoms with van der Waals surface area (Å²) in [6.07, 6.45) is 0.918. The van der Waals surface area contributed by atoms with Crippen LogP contribution in [0.25, 0.3) is 0 Å². The topological polar surface area (TPSA) is 75.6 Å². The fourth-order valence-corrected chi connectivity index (χ4v) is 1.73. The lowest BCUT2D eigenvalue weighted by molar-refractivity contribution is -0.182. The van der Waals surface area contributed by atoms with E-state index in [1.807, 2.05) is 19.1 Å². The first-order valence-electron chi connectivity index (χ1n) is 5.80. The summed E-state index contributed by atoms with van der Waals surface area (Å²) in [6, 6.07) is 7.35. The molecule has 0 aromatic heterocycles. The smallest absolute Gasteiger partial charge is 0.324 e. The van der Waals surface area contributed by atoms with Gasteiger partial charge < -0.3 is 15.2 Å². The van der Waals surface area contributed by atoms with Crippen molar-refractivity contribution in [2.24, 2.45) is 5.41 Å². The molecule has 1 aromatic carbocycles. The Hall–Kier alpha value is -1.88. The van der Waals surface area contributed by atoms with E-state index in [4.69, 9.17) is 9.84 Å². The van der Waals surface area contributed by atoms with E-state index in [0.717, 1.165) is 12.0 Å². The zero-order valence-corrected chi connectivity index (χ0v) is 10.1. The van der Waals surface area contributed by atoms with Crippen LogP contribution in [0.2, 0.25) is 0 Å². The number of hydrogen-bond donors (Lipinski definition) is 2. The summed E-state index contributed by atoms with van der Waals surface area (Å²) in [5.74, 6) is -1.66. The number of amides is 1. The Kier molecular flexibility index (Phi) is 3.34. The second-order valence-electron chi connectivity index (χ2n) is 4.38. The van der Waals surface area contributed by atoms with Gasteiger partial charge in [-0.05, 0) is 24.1 Å². The van der Waals surface area contributed by atoms with Crippen LogP contribution in [-0.2, 0) is 20.7 Å². The molecule has 5 nitrogen and oxygen atoms in total. The van der Waals surface area contributed by atoms with Crippen LogP contribution in [0.3, 0.4) is 0 Å². The lowest BCUT2D eigenvalue weighted by atomic mass is 9.85. The van der Waals surface area contributed by atoms with Crippen molar-refractivity contribution in [3.8, 4) is 0 Å². The van der Waals surface area contributed by atoms with E-state index < -0.39 is 17.3 Å². The highest BCUT2D eigenvalue weighted by atomic mass is 16.5. The number of ether oxygens (including phenoxy) is 1.